The van der Waals surface area contributed by atoms with Gasteiger partial charge in [-0.15, -0.1) is 0 Å². The van der Waals surface area contributed by atoms with Gasteiger partial charge in [-0.3, -0.25) is 14.5 Å². The van der Waals surface area contributed by atoms with Crippen molar-refractivity contribution in [1.29, 1.82) is 0 Å². The molecule has 2 aliphatic heterocycles. The van der Waals surface area contributed by atoms with E-state index in [1.165, 1.54) is 0 Å². The Labute approximate surface area is 210 Å². The Hall–Kier alpha value is -3.34. The van der Waals surface area contributed by atoms with Gasteiger partial charge in [0.25, 0.3) is 0 Å². The Bertz CT molecular complexity index is 893. The van der Waals surface area contributed by atoms with Crippen LogP contribution in [0.3, 0.4) is 0 Å². The van der Waals surface area contributed by atoms with E-state index in [1.54, 1.807) is 14.2 Å². The van der Waals surface area contributed by atoms with Crippen molar-refractivity contribution in [3.05, 3.63) is 23.8 Å². The fraction of sp³-hybridized carbons (Fsp3) is 0.600. The number of likely N-dealkylation sites (tertiary alicyclic amines) is 2. The molecule has 2 heterocycles. The summed E-state index contributed by atoms with van der Waals surface area (Å²) in [6.07, 6.45) is 3.16. The average molecular weight is 509 g/mol. The van der Waals surface area contributed by atoms with Crippen LogP contribution < -0.4 is 9.47 Å². The minimum Gasteiger partial charge on any atom is -0.497 e. The van der Waals surface area contributed by atoms with Crippen molar-refractivity contribution < 1.29 is 43.6 Å². The Morgan fingerprint density at radius 2 is 1.47 bits per heavy atom. The number of carboxylic acids is 2. The van der Waals surface area contributed by atoms with E-state index < -0.39 is 11.9 Å². The first-order chi connectivity index (χ1) is 17.2. The number of carbonyl (C=O) groups excluding carboxylic acids is 2. The second-order valence-corrected chi connectivity index (χ2v) is 8.69. The zero-order valence-corrected chi connectivity index (χ0v) is 21.1. The molecule has 1 aromatic carbocycles. The number of nitrogens with zero attached hydrogens (tertiary/aromatic N) is 2. The number of rotatable bonds is 7. The van der Waals surface area contributed by atoms with Crippen molar-refractivity contribution in [2.75, 3.05) is 47.0 Å². The molecule has 0 unspecified atom stereocenters. The maximum Gasteiger partial charge on any atom is 0.414 e. The maximum atomic E-state index is 12.9. The molecule has 0 atom stereocenters. The number of piperidine rings is 2. The summed E-state index contributed by atoms with van der Waals surface area (Å²) in [6.45, 7) is 6.15. The minimum atomic E-state index is -1.82. The summed E-state index contributed by atoms with van der Waals surface area (Å²) in [5, 5.41) is 14.8. The number of hydrogen-bond donors (Lipinski definition) is 2. The predicted octanol–water partition coefficient (Wildman–Crippen LogP) is 1.87. The van der Waals surface area contributed by atoms with E-state index in [4.69, 9.17) is 34.0 Å². The summed E-state index contributed by atoms with van der Waals surface area (Å²) >= 11 is 0. The molecule has 2 fully saturated rings. The number of amides is 1. The number of methoxy groups -OCH3 is 2. The molecule has 1 aromatic rings. The second-order valence-electron chi connectivity index (χ2n) is 8.69. The molecule has 2 saturated heterocycles. The SMILES string of the molecule is CCOC(=O)C1CCN(C(=O)C2CCN(Cc3ccc(OC)cc3OC)CC2)CC1.O=C(O)C(=O)O. The number of aliphatic carboxylic acids is 2. The summed E-state index contributed by atoms with van der Waals surface area (Å²) in [5.41, 5.74) is 1.13. The third-order valence-corrected chi connectivity index (χ3v) is 6.43. The molecule has 0 aliphatic carbocycles. The fourth-order valence-corrected chi connectivity index (χ4v) is 4.42. The number of esters is 1. The van der Waals surface area contributed by atoms with Crippen molar-refractivity contribution in [1.82, 2.24) is 9.80 Å². The Morgan fingerprint density at radius 1 is 0.889 bits per heavy atom. The van der Waals surface area contributed by atoms with Crippen molar-refractivity contribution in [2.24, 2.45) is 11.8 Å². The van der Waals surface area contributed by atoms with E-state index >= 15 is 0 Å². The standard InChI is InChI=1S/C23H34N2O5.C2H2O4/c1-4-30-23(27)18-9-13-25(14-10-18)22(26)17-7-11-24(12-8-17)16-19-5-6-20(28-2)15-21(19)29-3;3-1(4)2(5)6/h5-6,15,17-18H,4,7-14,16H2,1-3H3;(H,3,4)(H,5,6). The van der Waals surface area contributed by atoms with Crippen LogP contribution in [0.4, 0.5) is 0 Å². The summed E-state index contributed by atoms with van der Waals surface area (Å²) in [7, 11) is 3.32. The summed E-state index contributed by atoms with van der Waals surface area (Å²) < 4.78 is 15.9. The molecular formula is C25H36N2O9. The van der Waals surface area contributed by atoms with Crippen LogP contribution in [0.2, 0.25) is 0 Å². The zero-order chi connectivity index (χ0) is 26.7. The first kappa shape index (κ1) is 28.9. The molecule has 11 heteroatoms. The van der Waals surface area contributed by atoms with Crippen LogP contribution in [0.5, 0.6) is 11.5 Å². The average Bonchev–Trinajstić information content (AvgIpc) is 2.89. The molecule has 0 saturated carbocycles. The van der Waals surface area contributed by atoms with Crippen LogP contribution in [0.25, 0.3) is 0 Å². The largest absolute Gasteiger partial charge is 0.497 e. The van der Waals surface area contributed by atoms with Gasteiger partial charge in [0.05, 0.1) is 26.7 Å². The van der Waals surface area contributed by atoms with Gasteiger partial charge in [-0.2, -0.15) is 0 Å². The Balaban J connectivity index is 0.000000678. The highest BCUT2D eigenvalue weighted by atomic mass is 16.5. The molecule has 11 nitrogen and oxygen atoms in total. The van der Waals surface area contributed by atoms with Crippen LogP contribution in [-0.2, 0) is 30.5 Å². The number of carbonyl (C=O) groups is 4. The summed E-state index contributed by atoms with van der Waals surface area (Å²) in [6, 6.07) is 5.90. The molecule has 0 radical (unpaired) electrons. The smallest absolute Gasteiger partial charge is 0.414 e. The first-order valence-corrected chi connectivity index (χ1v) is 12.0. The second kappa shape index (κ2) is 14.3. The Kier molecular flexibility index (Phi) is 11.5. The maximum absolute atomic E-state index is 12.9. The van der Waals surface area contributed by atoms with E-state index in [1.807, 2.05) is 30.0 Å². The Morgan fingerprint density at radius 3 is 1.97 bits per heavy atom. The lowest BCUT2D eigenvalue weighted by Gasteiger charge is -2.37. The van der Waals surface area contributed by atoms with Gasteiger partial charge in [-0.05, 0) is 51.8 Å². The van der Waals surface area contributed by atoms with Gasteiger partial charge in [0.15, 0.2) is 0 Å². The topological polar surface area (TPSA) is 143 Å². The van der Waals surface area contributed by atoms with Crippen LogP contribution >= 0.6 is 0 Å². The molecule has 1 amide bonds. The zero-order valence-electron chi connectivity index (χ0n) is 21.1. The monoisotopic (exact) mass is 508 g/mol. The molecule has 3 rings (SSSR count). The molecule has 36 heavy (non-hydrogen) atoms. The van der Waals surface area contributed by atoms with Crippen molar-refractivity contribution in [2.45, 2.75) is 39.2 Å². The van der Waals surface area contributed by atoms with Gasteiger partial charge in [0.2, 0.25) is 5.91 Å². The normalized spacial score (nSPS) is 16.9. The molecule has 0 spiro atoms. The van der Waals surface area contributed by atoms with Gasteiger partial charge in [0.1, 0.15) is 11.5 Å². The van der Waals surface area contributed by atoms with E-state index in [0.29, 0.717) is 32.5 Å². The number of ether oxygens (including phenoxy) is 3. The molecule has 200 valence electrons. The lowest BCUT2D eigenvalue weighted by Crippen LogP contribution is -2.46. The van der Waals surface area contributed by atoms with Gasteiger partial charge in [-0.25, -0.2) is 9.59 Å². The van der Waals surface area contributed by atoms with Crippen LogP contribution in [0, 0.1) is 11.8 Å². The quantitative estimate of drug-likeness (QED) is 0.414. The summed E-state index contributed by atoms with van der Waals surface area (Å²) in [5.74, 6) is -1.88. The fourth-order valence-electron chi connectivity index (χ4n) is 4.42. The molecule has 0 bridgehead atoms. The molecule has 0 aromatic heterocycles. The van der Waals surface area contributed by atoms with Gasteiger partial charge in [0, 0.05) is 37.2 Å². The molecule has 2 aliphatic rings. The number of hydrogen-bond acceptors (Lipinski definition) is 8. The van der Waals surface area contributed by atoms with Gasteiger partial charge < -0.3 is 29.3 Å². The lowest BCUT2D eigenvalue weighted by atomic mass is 9.92. The van der Waals surface area contributed by atoms with Crippen molar-refractivity contribution in [3.63, 3.8) is 0 Å². The third kappa shape index (κ3) is 8.40. The number of benzene rings is 1. The number of carboxylic acid groups (broad SMARTS) is 2. The minimum absolute atomic E-state index is 0.0599. The highest BCUT2D eigenvalue weighted by molar-refractivity contribution is 6.27. The first-order valence-electron chi connectivity index (χ1n) is 12.0. The summed E-state index contributed by atoms with van der Waals surface area (Å²) in [4.78, 5) is 47.4. The van der Waals surface area contributed by atoms with Crippen LogP contribution in [0.15, 0.2) is 18.2 Å². The van der Waals surface area contributed by atoms with E-state index in [0.717, 1.165) is 49.5 Å². The van der Waals surface area contributed by atoms with Crippen LogP contribution in [0.1, 0.15) is 38.2 Å². The van der Waals surface area contributed by atoms with E-state index in [9.17, 15) is 9.59 Å². The predicted molar refractivity (Wildman–Crippen MR) is 129 cm³/mol. The van der Waals surface area contributed by atoms with Crippen LogP contribution in [-0.4, -0.2) is 90.8 Å². The van der Waals surface area contributed by atoms with Crippen molar-refractivity contribution in [3.8, 4) is 11.5 Å². The molecule has 2 N–H and O–H groups in total. The third-order valence-electron chi connectivity index (χ3n) is 6.43. The highest BCUT2D eigenvalue weighted by Gasteiger charge is 2.33. The van der Waals surface area contributed by atoms with E-state index in [-0.39, 0.29) is 23.7 Å². The highest BCUT2D eigenvalue weighted by Crippen LogP contribution is 2.29. The molecular weight excluding hydrogens is 472 g/mol. The van der Waals surface area contributed by atoms with Crippen molar-refractivity contribution >= 4 is 23.8 Å². The van der Waals surface area contributed by atoms with Gasteiger partial charge in [-0.1, -0.05) is 6.07 Å². The van der Waals surface area contributed by atoms with Gasteiger partial charge >= 0.3 is 17.9 Å². The lowest BCUT2D eigenvalue weighted by molar-refractivity contribution is -0.159. The van der Waals surface area contributed by atoms with E-state index in [2.05, 4.69) is 4.90 Å².